The van der Waals surface area contributed by atoms with Crippen LogP contribution in [0.15, 0.2) is 41.0 Å². The van der Waals surface area contributed by atoms with Gasteiger partial charge in [-0.3, -0.25) is 14.4 Å². The summed E-state index contributed by atoms with van der Waals surface area (Å²) in [6.07, 6.45) is 1.65. The van der Waals surface area contributed by atoms with E-state index in [9.17, 15) is 14.4 Å². The van der Waals surface area contributed by atoms with Crippen molar-refractivity contribution >= 4 is 35.0 Å². The molecular formula is C20H21ClN3O4+. The van der Waals surface area contributed by atoms with Crippen LogP contribution in [-0.4, -0.2) is 54.8 Å². The smallest absolute Gasteiger partial charge is 0.292 e. The molecule has 2 aromatic rings. The van der Waals surface area contributed by atoms with Crippen molar-refractivity contribution in [3.05, 3.63) is 52.9 Å². The van der Waals surface area contributed by atoms with Crippen LogP contribution in [0.25, 0.3) is 0 Å². The number of carbonyl (C=O) groups excluding carboxylic acids is 3. The molecule has 3 heterocycles. The summed E-state index contributed by atoms with van der Waals surface area (Å²) in [5.41, 5.74) is 1.41. The van der Waals surface area contributed by atoms with Gasteiger partial charge in [-0.2, -0.15) is 0 Å². The van der Waals surface area contributed by atoms with Gasteiger partial charge < -0.3 is 14.2 Å². The standard InChI is InChI=1S/C20H20ClN3O4/c1-13-4-5-14(11-15(13)21)24-18(25)12-16(19(24)26)22-6-8-23(9-7-22)20(27)17-3-2-10-28-17/h2-5,10-11,16H,6-9,12H2,1H3/p+1/t16-/m0/s1. The summed E-state index contributed by atoms with van der Waals surface area (Å²) in [6.45, 7) is 4.12. The molecule has 4 rings (SSSR count). The van der Waals surface area contributed by atoms with Crippen molar-refractivity contribution < 1.29 is 23.7 Å². The lowest BCUT2D eigenvalue weighted by molar-refractivity contribution is -0.918. The van der Waals surface area contributed by atoms with E-state index < -0.39 is 6.04 Å². The minimum absolute atomic E-state index is 0.145. The highest BCUT2D eigenvalue weighted by molar-refractivity contribution is 6.32. The van der Waals surface area contributed by atoms with Crippen molar-refractivity contribution in [2.24, 2.45) is 0 Å². The third-order valence-electron chi connectivity index (χ3n) is 5.48. The van der Waals surface area contributed by atoms with Crippen molar-refractivity contribution in [1.82, 2.24) is 4.90 Å². The van der Waals surface area contributed by atoms with Gasteiger partial charge in [-0.05, 0) is 36.8 Å². The molecule has 3 amide bonds. The van der Waals surface area contributed by atoms with E-state index in [4.69, 9.17) is 16.0 Å². The summed E-state index contributed by atoms with van der Waals surface area (Å²) in [5, 5.41) is 0.527. The van der Waals surface area contributed by atoms with Gasteiger partial charge in [0.05, 0.1) is 44.6 Å². The molecule has 7 nitrogen and oxygen atoms in total. The molecule has 2 fully saturated rings. The van der Waals surface area contributed by atoms with Gasteiger partial charge in [0.15, 0.2) is 11.8 Å². The first-order chi connectivity index (χ1) is 13.5. The van der Waals surface area contributed by atoms with Gasteiger partial charge >= 0.3 is 0 Å². The van der Waals surface area contributed by atoms with Gasteiger partial charge in [0, 0.05) is 5.02 Å². The Morgan fingerprint density at radius 3 is 2.61 bits per heavy atom. The lowest BCUT2D eigenvalue weighted by atomic mass is 10.1. The number of amides is 3. The zero-order valence-corrected chi connectivity index (χ0v) is 16.2. The molecule has 0 bridgehead atoms. The second-order valence-electron chi connectivity index (χ2n) is 7.19. The minimum atomic E-state index is -0.423. The highest BCUT2D eigenvalue weighted by Crippen LogP contribution is 2.27. The molecule has 1 aromatic carbocycles. The number of nitrogens with one attached hydrogen (secondary N) is 1. The number of aryl methyl sites for hydroxylation is 1. The predicted molar refractivity (Wildman–Crippen MR) is 102 cm³/mol. The normalized spacial score (nSPS) is 20.9. The van der Waals surface area contributed by atoms with Gasteiger partial charge in [-0.1, -0.05) is 17.7 Å². The summed E-state index contributed by atoms with van der Waals surface area (Å²) in [4.78, 5) is 41.9. The van der Waals surface area contributed by atoms with Crippen LogP contribution in [0.2, 0.25) is 5.02 Å². The highest BCUT2D eigenvalue weighted by Gasteiger charge is 2.46. The number of nitrogens with zero attached hydrogens (tertiary/aromatic N) is 2. The highest BCUT2D eigenvalue weighted by atomic mass is 35.5. The van der Waals surface area contributed by atoms with E-state index in [-0.39, 0.29) is 24.1 Å². The molecule has 0 unspecified atom stereocenters. The average Bonchev–Trinajstić information content (AvgIpc) is 3.32. The summed E-state index contributed by atoms with van der Waals surface area (Å²) in [5.74, 6) is -0.242. The van der Waals surface area contributed by atoms with E-state index in [1.807, 2.05) is 6.92 Å². The maximum absolute atomic E-state index is 13.0. The predicted octanol–water partition coefficient (Wildman–Crippen LogP) is 0.914. The van der Waals surface area contributed by atoms with Crippen LogP contribution in [0.5, 0.6) is 0 Å². The fourth-order valence-corrected chi connectivity index (χ4v) is 4.02. The molecule has 146 valence electrons. The number of halogens is 1. The van der Waals surface area contributed by atoms with Crippen LogP contribution in [0.1, 0.15) is 22.5 Å². The fraction of sp³-hybridized carbons (Fsp3) is 0.350. The number of furan rings is 1. The Morgan fingerprint density at radius 2 is 1.96 bits per heavy atom. The van der Waals surface area contributed by atoms with Crippen molar-refractivity contribution in [2.45, 2.75) is 19.4 Å². The number of piperazine rings is 1. The monoisotopic (exact) mass is 402 g/mol. The summed E-state index contributed by atoms with van der Waals surface area (Å²) in [7, 11) is 0. The summed E-state index contributed by atoms with van der Waals surface area (Å²) >= 11 is 6.16. The second-order valence-corrected chi connectivity index (χ2v) is 7.59. The van der Waals surface area contributed by atoms with Gasteiger partial charge in [-0.15, -0.1) is 0 Å². The van der Waals surface area contributed by atoms with Crippen LogP contribution in [0.3, 0.4) is 0 Å². The molecule has 0 spiro atoms. The Bertz CT molecular complexity index is 920. The van der Waals surface area contributed by atoms with Crippen LogP contribution < -0.4 is 9.80 Å². The van der Waals surface area contributed by atoms with E-state index in [1.165, 1.54) is 11.2 Å². The quantitative estimate of drug-likeness (QED) is 0.774. The van der Waals surface area contributed by atoms with Crippen LogP contribution in [0, 0.1) is 6.92 Å². The number of benzene rings is 1. The molecule has 0 aliphatic carbocycles. The minimum Gasteiger partial charge on any atom is -0.459 e. The largest absolute Gasteiger partial charge is 0.459 e. The van der Waals surface area contributed by atoms with Crippen molar-refractivity contribution in [3.8, 4) is 0 Å². The first-order valence-electron chi connectivity index (χ1n) is 9.26. The van der Waals surface area contributed by atoms with E-state index in [2.05, 4.69) is 0 Å². The van der Waals surface area contributed by atoms with Gasteiger partial charge in [-0.25, -0.2) is 4.90 Å². The Labute approximate surface area is 167 Å². The SMILES string of the molecule is Cc1ccc(N2C(=O)C[C@H]([NH+]3CCN(C(=O)c4ccco4)CC3)C2=O)cc1Cl. The van der Waals surface area contributed by atoms with Crippen LogP contribution in [0.4, 0.5) is 5.69 Å². The van der Waals surface area contributed by atoms with Crippen LogP contribution in [-0.2, 0) is 9.59 Å². The molecule has 1 N–H and O–H groups in total. The van der Waals surface area contributed by atoms with Gasteiger partial charge in [0.25, 0.3) is 11.8 Å². The molecule has 0 saturated carbocycles. The van der Waals surface area contributed by atoms with E-state index >= 15 is 0 Å². The summed E-state index contributed by atoms with van der Waals surface area (Å²) < 4.78 is 5.17. The maximum Gasteiger partial charge on any atom is 0.292 e. The third-order valence-corrected chi connectivity index (χ3v) is 5.89. The zero-order chi connectivity index (χ0) is 19.8. The number of quaternary nitrogens is 1. The van der Waals surface area contributed by atoms with E-state index in [0.29, 0.717) is 42.6 Å². The third kappa shape index (κ3) is 3.31. The lowest BCUT2D eigenvalue weighted by Gasteiger charge is -2.34. The van der Waals surface area contributed by atoms with Crippen molar-refractivity contribution in [3.63, 3.8) is 0 Å². The average molecular weight is 403 g/mol. The number of carbonyl (C=O) groups is 3. The molecule has 2 saturated heterocycles. The van der Waals surface area contributed by atoms with Crippen LogP contribution >= 0.6 is 11.6 Å². The number of rotatable bonds is 3. The maximum atomic E-state index is 13.0. The molecule has 1 aromatic heterocycles. The van der Waals surface area contributed by atoms with Crippen molar-refractivity contribution in [2.75, 3.05) is 31.1 Å². The van der Waals surface area contributed by atoms with E-state index in [0.717, 1.165) is 10.5 Å². The molecular weight excluding hydrogens is 382 g/mol. The molecule has 28 heavy (non-hydrogen) atoms. The number of hydrogen-bond acceptors (Lipinski definition) is 4. The second kappa shape index (κ2) is 7.41. The van der Waals surface area contributed by atoms with Gasteiger partial charge in [0.1, 0.15) is 0 Å². The van der Waals surface area contributed by atoms with E-state index in [1.54, 1.807) is 35.2 Å². The number of anilines is 1. The fourth-order valence-electron chi connectivity index (χ4n) is 3.84. The number of imide groups is 1. The Kier molecular flexibility index (Phi) is 4.95. The molecule has 1 atom stereocenters. The zero-order valence-electron chi connectivity index (χ0n) is 15.5. The Hall–Kier alpha value is -2.64. The first kappa shape index (κ1) is 18.7. The Balaban J connectivity index is 1.43. The molecule has 8 heteroatoms. The lowest BCUT2D eigenvalue weighted by Crippen LogP contribution is -3.19. The topological polar surface area (TPSA) is 75.3 Å². The first-order valence-corrected chi connectivity index (χ1v) is 9.64. The van der Waals surface area contributed by atoms with Gasteiger partial charge in [0.2, 0.25) is 5.91 Å². The molecule has 2 aliphatic heterocycles. The van der Waals surface area contributed by atoms with Crippen molar-refractivity contribution in [1.29, 1.82) is 0 Å². The number of hydrogen-bond donors (Lipinski definition) is 1. The molecule has 0 radical (unpaired) electrons. The molecule has 2 aliphatic rings. The summed E-state index contributed by atoms with van der Waals surface area (Å²) in [6, 6.07) is 8.11. The Morgan fingerprint density at radius 1 is 1.21 bits per heavy atom.